The fourth-order valence-corrected chi connectivity index (χ4v) is 3.80. The maximum Gasteiger partial charge on any atom is 0.261 e. The van der Waals surface area contributed by atoms with Gasteiger partial charge in [-0.05, 0) is 70.1 Å². The second kappa shape index (κ2) is 11.5. The predicted molar refractivity (Wildman–Crippen MR) is 128 cm³/mol. The number of carbonyl (C=O) groups excluding carboxylic acids is 2. The topological polar surface area (TPSA) is 58.6 Å². The van der Waals surface area contributed by atoms with Gasteiger partial charge in [-0.15, -0.1) is 0 Å². The lowest BCUT2D eigenvalue weighted by molar-refractivity contribution is -0.142. The number of amides is 2. The van der Waals surface area contributed by atoms with E-state index in [1.54, 1.807) is 12.1 Å². The number of hydrogen-bond acceptors (Lipinski definition) is 3. The van der Waals surface area contributed by atoms with Crippen molar-refractivity contribution in [3.63, 3.8) is 0 Å². The number of carbonyl (C=O) groups is 2. The van der Waals surface area contributed by atoms with Crippen LogP contribution in [0.4, 0.5) is 4.39 Å². The fourth-order valence-electron chi connectivity index (χ4n) is 3.30. The van der Waals surface area contributed by atoms with Gasteiger partial charge in [0, 0.05) is 13.1 Å². The summed E-state index contributed by atoms with van der Waals surface area (Å²) in [6.45, 7) is 10.5. The van der Waals surface area contributed by atoms with Crippen LogP contribution < -0.4 is 10.1 Å². The zero-order valence-corrected chi connectivity index (χ0v) is 21.0. The number of rotatable bonds is 9. The van der Waals surface area contributed by atoms with E-state index in [2.05, 4.69) is 42.0 Å². The Labute approximate surface area is 198 Å². The average Bonchev–Trinajstić information content (AvgIpc) is 2.73. The lowest BCUT2D eigenvalue weighted by Gasteiger charge is -2.30. The van der Waals surface area contributed by atoms with Gasteiger partial charge in [-0.25, -0.2) is 4.39 Å². The van der Waals surface area contributed by atoms with E-state index in [1.165, 1.54) is 17.0 Å². The summed E-state index contributed by atoms with van der Waals surface area (Å²) in [7, 11) is 0. The van der Waals surface area contributed by atoms with Gasteiger partial charge in [-0.1, -0.05) is 45.9 Å². The Balaban J connectivity index is 2.21. The van der Waals surface area contributed by atoms with Crippen LogP contribution in [0.15, 0.2) is 46.9 Å². The van der Waals surface area contributed by atoms with Crippen molar-refractivity contribution in [1.82, 2.24) is 10.2 Å². The van der Waals surface area contributed by atoms with E-state index in [0.29, 0.717) is 18.7 Å². The third kappa shape index (κ3) is 7.05. The van der Waals surface area contributed by atoms with Gasteiger partial charge >= 0.3 is 0 Å². The van der Waals surface area contributed by atoms with Crippen LogP contribution >= 0.6 is 15.9 Å². The number of hydrogen-bond donors (Lipinski definition) is 1. The number of halogens is 2. The molecule has 2 aromatic rings. The summed E-state index contributed by atoms with van der Waals surface area (Å²) in [5, 5.41) is 2.79. The zero-order valence-electron chi connectivity index (χ0n) is 19.4. The molecule has 0 aliphatic heterocycles. The highest BCUT2D eigenvalue weighted by atomic mass is 79.9. The molecule has 0 aliphatic carbocycles. The molecule has 0 unspecified atom stereocenters. The lowest BCUT2D eigenvalue weighted by Crippen LogP contribution is -2.50. The Hall–Kier alpha value is -2.41. The summed E-state index contributed by atoms with van der Waals surface area (Å²) in [5.41, 5.74) is 1.87. The molecule has 0 bridgehead atoms. The van der Waals surface area contributed by atoms with E-state index in [1.807, 2.05) is 32.0 Å². The van der Waals surface area contributed by atoms with Crippen LogP contribution in [-0.2, 0) is 21.5 Å². The molecule has 0 radical (unpaired) electrons. The third-order valence-corrected chi connectivity index (χ3v) is 5.77. The highest BCUT2D eigenvalue weighted by molar-refractivity contribution is 9.10. The fraction of sp³-hybridized carbons (Fsp3) is 0.440. The molecule has 2 amide bonds. The minimum Gasteiger partial charge on any atom is -0.483 e. The SMILES string of the molecule is CCNC(=O)[C@@H](CC)N(Cc1ccc(F)cc1)C(=O)COc1ccc(C(C)(C)C)cc1Br. The monoisotopic (exact) mass is 506 g/mol. The van der Waals surface area contributed by atoms with E-state index in [0.717, 1.165) is 15.6 Å². The Morgan fingerprint density at radius 3 is 2.31 bits per heavy atom. The van der Waals surface area contributed by atoms with Gasteiger partial charge in [0.15, 0.2) is 6.61 Å². The van der Waals surface area contributed by atoms with Crippen molar-refractivity contribution >= 4 is 27.7 Å². The van der Waals surface area contributed by atoms with Crippen LogP contribution in [0.5, 0.6) is 5.75 Å². The van der Waals surface area contributed by atoms with Gasteiger partial charge in [0.2, 0.25) is 5.91 Å². The first-order valence-electron chi connectivity index (χ1n) is 10.8. The summed E-state index contributed by atoms with van der Waals surface area (Å²) in [4.78, 5) is 27.3. The van der Waals surface area contributed by atoms with Gasteiger partial charge in [0.1, 0.15) is 17.6 Å². The minimum atomic E-state index is -0.650. The summed E-state index contributed by atoms with van der Waals surface area (Å²) >= 11 is 3.52. The van der Waals surface area contributed by atoms with E-state index in [4.69, 9.17) is 4.74 Å². The molecule has 32 heavy (non-hydrogen) atoms. The van der Waals surface area contributed by atoms with Crippen molar-refractivity contribution in [3.05, 3.63) is 63.9 Å². The molecular weight excluding hydrogens is 475 g/mol. The van der Waals surface area contributed by atoms with E-state index in [9.17, 15) is 14.0 Å². The standard InChI is InChI=1S/C25H32BrFN2O3/c1-6-21(24(31)28-7-2)29(15-17-8-11-19(27)12-9-17)23(30)16-32-22-13-10-18(14-20(22)26)25(3,4)5/h8-14,21H,6-7,15-16H2,1-5H3,(H,28,31)/t21-/m1/s1. The molecule has 0 fully saturated rings. The molecule has 7 heteroatoms. The van der Waals surface area contributed by atoms with Gasteiger partial charge in [-0.2, -0.15) is 0 Å². The normalized spacial score (nSPS) is 12.2. The number of nitrogens with one attached hydrogen (secondary N) is 1. The first kappa shape index (κ1) is 25.8. The number of likely N-dealkylation sites (N-methyl/N-ethyl adjacent to an activating group) is 1. The first-order valence-corrected chi connectivity index (χ1v) is 11.6. The molecule has 0 heterocycles. The largest absolute Gasteiger partial charge is 0.483 e. The first-order chi connectivity index (χ1) is 15.1. The second-order valence-electron chi connectivity index (χ2n) is 8.65. The molecule has 0 aliphatic rings. The smallest absolute Gasteiger partial charge is 0.261 e. The molecule has 0 spiro atoms. The molecule has 1 atom stereocenters. The van der Waals surface area contributed by atoms with Gasteiger partial charge in [0.05, 0.1) is 4.47 Å². The zero-order chi connectivity index (χ0) is 23.9. The Kier molecular flexibility index (Phi) is 9.25. The Morgan fingerprint density at radius 2 is 1.78 bits per heavy atom. The van der Waals surface area contributed by atoms with Crippen LogP contribution in [0.2, 0.25) is 0 Å². The van der Waals surface area contributed by atoms with Gasteiger partial charge in [-0.3, -0.25) is 9.59 Å². The highest BCUT2D eigenvalue weighted by Crippen LogP contribution is 2.31. The van der Waals surface area contributed by atoms with Gasteiger partial charge in [0.25, 0.3) is 5.91 Å². The maximum absolute atomic E-state index is 13.3. The molecule has 5 nitrogen and oxygen atoms in total. The second-order valence-corrected chi connectivity index (χ2v) is 9.50. The average molecular weight is 507 g/mol. The van der Waals surface area contributed by atoms with Crippen LogP contribution in [0.3, 0.4) is 0 Å². The number of ether oxygens (including phenoxy) is 1. The number of benzene rings is 2. The minimum absolute atomic E-state index is 0.0101. The molecular formula is C25H32BrFN2O3. The third-order valence-electron chi connectivity index (χ3n) is 5.15. The molecule has 2 aromatic carbocycles. The Bertz CT molecular complexity index is 926. The summed E-state index contributed by atoms with van der Waals surface area (Å²) < 4.78 is 19.9. The highest BCUT2D eigenvalue weighted by Gasteiger charge is 2.29. The summed E-state index contributed by atoms with van der Waals surface area (Å²) in [5.74, 6) is -0.339. The molecule has 0 saturated carbocycles. The van der Waals surface area contributed by atoms with Crippen molar-refractivity contribution in [2.24, 2.45) is 0 Å². The van der Waals surface area contributed by atoms with Crippen molar-refractivity contribution in [2.75, 3.05) is 13.2 Å². The van der Waals surface area contributed by atoms with Crippen molar-refractivity contribution in [3.8, 4) is 5.75 Å². The molecule has 174 valence electrons. The van der Waals surface area contributed by atoms with E-state index in [-0.39, 0.29) is 36.2 Å². The lowest BCUT2D eigenvalue weighted by atomic mass is 9.87. The molecule has 2 rings (SSSR count). The molecule has 1 N–H and O–H groups in total. The van der Waals surface area contributed by atoms with Crippen molar-refractivity contribution in [2.45, 2.75) is 59.0 Å². The molecule has 0 saturated heterocycles. The van der Waals surface area contributed by atoms with Crippen LogP contribution in [0, 0.1) is 5.82 Å². The van der Waals surface area contributed by atoms with Crippen LogP contribution in [-0.4, -0.2) is 35.9 Å². The van der Waals surface area contributed by atoms with Crippen molar-refractivity contribution < 1.29 is 18.7 Å². The summed E-state index contributed by atoms with van der Waals surface area (Å²) in [6, 6.07) is 11.1. The molecule has 0 aromatic heterocycles. The quantitative estimate of drug-likeness (QED) is 0.507. The maximum atomic E-state index is 13.3. The van der Waals surface area contributed by atoms with E-state index >= 15 is 0 Å². The van der Waals surface area contributed by atoms with Crippen molar-refractivity contribution in [1.29, 1.82) is 0 Å². The van der Waals surface area contributed by atoms with Gasteiger partial charge < -0.3 is 15.0 Å². The summed E-state index contributed by atoms with van der Waals surface area (Å²) in [6.07, 6.45) is 0.447. The van der Waals surface area contributed by atoms with E-state index < -0.39 is 6.04 Å². The van der Waals surface area contributed by atoms with Crippen LogP contribution in [0.25, 0.3) is 0 Å². The predicted octanol–water partition coefficient (Wildman–Crippen LogP) is 5.21. The van der Waals surface area contributed by atoms with Crippen LogP contribution in [0.1, 0.15) is 52.2 Å². The number of nitrogens with zero attached hydrogens (tertiary/aromatic N) is 1. The Morgan fingerprint density at radius 1 is 1.12 bits per heavy atom.